The minimum atomic E-state index is -0.390. The first-order chi connectivity index (χ1) is 9.41. The lowest BCUT2D eigenvalue weighted by Crippen LogP contribution is -2.48. The summed E-state index contributed by atoms with van der Waals surface area (Å²) in [4.78, 5) is 26.5. The van der Waals surface area contributed by atoms with E-state index in [1.807, 2.05) is 18.7 Å². The molecule has 4 nitrogen and oxygen atoms in total. The molecule has 0 radical (unpaired) electrons. The number of thioether (sulfide) groups is 1. The van der Waals surface area contributed by atoms with Gasteiger partial charge in [0.25, 0.3) is 0 Å². The van der Waals surface area contributed by atoms with Crippen LogP contribution in [-0.4, -0.2) is 40.6 Å². The zero-order valence-electron chi connectivity index (χ0n) is 12.8. The molecule has 1 heterocycles. The fraction of sp³-hybridized carbons (Fsp3) is 0.867. The van der Waals surface area contributed by atoms with E-state index in [4.69, 9.17) is 4.74 Å². The standard InChI is InChI=1S/C15H25NO3S/c1-9(2)7-19-15(18)12-8-20-14(10(3)4)16(12)13(17)11-5-6-11/h9-12,14H,5-8H2,1-4H3. The van der Waals surface area contributed by atoms with Gasteiger partial charge in [0, 0.05) is 11.7 Å². The summed E-state index contributed by atoms with van der Waals surface area (Å²) in [5.41, 5.74) is 0. The Hall–Kier alpha value is -0.710. The Bertz CT molecular complexity index is 379. The Balaban J connectivity index is 2.06. The minimum absolute atomic E-state index is 0.111. The summed E-state index contributed by atoms with van der Waals surface area (Å²) in [5.74, 6) is 1.41. The molecule has 0 aromatic rings. The third kappa shape index (κ3) is 3.48. The topological polar surface area (TPSA) is 46.6 Å². The summed E-state index contributed by atoms with van der Waals surface area (Å²) in [7, 11) is 0. The molecule has 2 rings (SSSR count). The Labute approximate surface area is 125 Å². The molecule has 1 aliphatic heterocycles. The average Bonchev–Trinajstić information content (AvgIpc) is 3.12. The van der Waals surface area contributed by atoms with E-state index < -0.39 is 0 Å². The van der Waals surface area contributed by atoms with Crippen molar-refractivity contribution < 1.29 is 14.3 Å². The summed E-state index contributed by atoms with van der Waals surface area (Å²) in [6.07, 6.45) is 1.94. The first-order valence-electron chi connectivity index (χ1n) is 7.52. The molecule has 1 saturated carbocycles. The van der Waals surface area contributed by atoms with Crippen LogP contribution in [0.4, 0.5) is 0 Å². The van der Waals surface area contributed by atoms with Gasteiger partial charge in [-0.1, -0.05) is 27.7 Å². The van der Waals surface area contributed by atoms with E-state index in [1.54, 1.807) is 11.8 Å². The van der Waals surface area contributed by atoms with Crippen LogP contribution in [0.5, 0.6) is 0 Å². The van der Waals surface area contributed by atoms with Crippen LogP contribution in [-0.2, 0) is 14.3 Å². The molecule has 2 fully saturated rings. The molecule has 1 amide bonds. The predicted octanol–water partition coefficient (Wildman–Crippen LogP) is 2.52. The molecule has 1 saturated heterocycles. The van der Waals surface area contributed by atoms with Crippen molar-refractivity contribution in [2.24, 2.45) is 17.8 Å². The molecule has 2 unspecified atom stereocenters. The van der Waals surface area contributed by atoms with Gasteiger partial charge < -0.3 is 9.64 Å². The highest BCUT2D eigenvalue weighted by molar-refractivity contribution is 8.00. The van der Waals surface area contributed by atoms with E-state index in [0.29, 0.717) is 24.2 Å². The molecule has 0 N–H and O–H groups in total. The number of nitrogens with zero attached hydrogens (tertiary/aromatic N) is 1. The molecule has 0 aromatic heterocycles. The van der Waals surface area contributed by atoms with Crippen LogP contribution in [0.3, 0.4) is 0 Å². The molecule has 114 valence electrons. The Morgan fingerprint density at radius 3 is 2.40 bits per heavy atom. The van der Waals surface area contributed by atoms with Crippen LogP contribution in [0.1, 0.15) is 40.5 Å². The van der Waals surface area contributed by atoms with Gasteiger partial charge in [-0.05, 0) is 24.7 Å². The van der Waals surface area contributed by atoms with E-state index in [9.17, 15) is 9.59 Å². The first kappa shape index (κ1) is 15.7. The fourth-order valence-electron chi connectivity index (χ4n) is 2.39. The van der Waals surface area contributed by atoms with Crippen molar-refractivity contribution in [3.63, 3.8) is 0 Å². The Morgan fingerprint density at radius 2 is 1.90 bits per heavy atom. The van der Waals surface area contributed by atoms with E-state index in [2.05, 4.69) is 13.8 Å². The molecule has 0 spiro atoms. The van der Waals surface area contributed by atoms with Gasteiger partial charge in [-0.2, -0.15) is 0 Å². The van der Waals surface area contributed by atoms with Crippen LogP contribution in [0.2, 0.25) is 0 Å². The van der Waals surface area contributed by atoms with E-state index in [-0.39, 0.29) is 29.2 Å². The Morgan fingerprint density at radius 1 is 1.25 bits per heavy atom. The first-order valence-corrected chi connectivity index (χ1v) is 8.57. The molecule has 1 aliphatic carbocycles. The third-order valence-corrected chi connectivity index (χ3v) is 5.24. The predicted molar refractivity (Wildman–Crippen MR) is 80.2 cm³/mol. The third-order valence-electron chi connectivity index (χ3n) is 3.62. The maximum atomic E-state index is 12.5. The molecule has 5 heteroatoms. The van der Waals surface area contributed by atoms with Crippen LogP contribution < -0.4 is 0 Å². The normalized spacial score (nSPS) is 26.4. The van der Waals surface area contributed by atoms with Gasteiger partial charge in [-0.15, -0.1) is 11.8 Å². The van der Waals surface area contributed by atoms with Crippen molar-refractivity contribution in [1.29, 1.82) is 0 Å². The van der Waals surface area contributed by atoms with Gasteiger partial charge in [0.1, 0.15) is 6.04 Å². The lowest BCUT2D eigenvalue weighted by Gasteiger charge is -2.30. The fourth-order valence-corrected chi connectivity index (χ4v) is 3.86. The van der Waals surface area contributed by atoms with Crippen molar-refractivity contribution in [3.05, 3.63) is 0 Å². The molecular weight excluding hydrogens is 274 g/mol. The van der Waals surface area contributed by atoms with Crippen molar-refractivity contribution >= 4 is 23.6 Å². The summed E-state index contributed by atoms with van der Waals surface area (Å²) in [5, 5.41) is 0.111. The van der Waals surface area contributed by atoms with Crippen molar-refractivity contribution in [2.45, 2.75) is 52.0 Å². The summed E-state index contributed by atoms with van der Waals surface area (Å²) >= 11 is 1.71. The number of carbonyl (C=O) groups is 2. The molecule has 2 atom stereocenters. The van der Waals surface area contributed by atoms with E-state index in [0.717, 1.165) is 12.8 Å². The quantitative estimate of drug-likeness (QED) is 0.732. The number of carbonyl (C=O) groups excluding carboxylic acids is 2. The maximum Gasteiger partial charge on any atom is 0.329 e. The summed E-state index contributed by atoms with van der Waals surface area (Å²) < 4.78 is 5.35. The van der Waals surface area contributed by atoms with Crippen molar-refractivity contribution in [1.82, 2.24) is 4.90 Å². The second-order valence-corrected chi connectivity index (χ2v) is 7.68. The van der Waals surface area contributed by atoms with E-state index in [1.165, 1.54) is 0 Å². The average molecular weight is 299 g/mol. The van der Waals surface area contributed by atoms with Crippen LogP contribution >= 0.6 is 11.8 Å². The zero-order chi connectivity index (χ0) is 14.9. The summed E-state index contributed by atoms with van der Waals surface area (Å²) in [6, 6.07) is -0.390. The SMILES string of the molecule is CC(C)COC(=O)C1CSC(C(C)C)N1C(=O)C1CC1. The number of hydrogen-bond donors (Lipinski definition) is 0. The highest BCUT2D eigenvalue weighted by Gasteiger charge is 2.47. The molecule has 0 bridgehead atoms. The van der Waals surface area contributed by atoms with Crippen LogP contribution in [0.15, 0.2) is 0 Å². The van der Waals surface area contributed by atoms with Crippen LogP contribution in [0.25, 0.3) is 0 Å². The highest BCUT2D eigenvalue weighted by atomic mass is 32.2. The largest absolute Gasteiger partial charge is 0.464 e. The minimum Gasteiger partial charge on any atom is -0.464 e. The van der Waals surface area contributed by atoms with Gasteiger partial charge in [0.2, 0.25) is 5.91 Å². The lowest BCUT2D eigenvalue weighted by atomic mass is 10.1. The number of rotatable bonds is 5. The van der Waals surface area contributed by atoms with Gasteiger partial charge >= 0.3 is 5.97 Å². The monoisotopic (exact) mass is 299 g/mol. The van der Waals surface area contributed by atoms with Gasteiger partial charge in [-0.3, -0.25) is 4.79 Å². The van der Waals surface area contributed by atoms with Gasteiger partial charge in [0.15, 0.2) is 0 Å². The lowest BCUT2D eigenvalue weighted by molar-refractivity contribution is -0.155. The molecule has 2 aliphatic rings. The second-order valence-electron chi connectivity index (χ2n) is 6.53. The highest BCUT2D eigenvalue weighted by Crippen LogP contribution is 2.40. The van der Waals surface area contributed by atoms with E-state index >= 15 is 0 Å². The molecular formula is C15H25NO3S. The van der Waals surface area contributed by atoms with Gasteiger partial charge in [0.05, 0.1) is 12.0 Å². The summed E-state index contributed by atoms with van der Waals surface area (Å²) in [6.45, 7) is 8.67. The number of amides is 1. The number of ether oxygens (including phenoxy) is 1. The smallest absolute Gasteiger partial charge is 0.329 e. The molecule has 20 heavy (non-hydrogen) atoms. The second kappa shape index (κ2) is 6.37. The number of hydrogen-bond acceptors (Lipinski definition) is 4. The number of esters is 1. The van der Waals surface area contributed by atoms with Crippen LogP contribution in [0, 0.1) is 17.8 Å². The Kier molecular flexibility index (Phi) is 4.99. The van der Waals surface area contributed by atoms with Gasteiger partial charge in [-0.25, -0.2) is 4.79 Å². The van der Waals surface area contributed by atoms with Crippen molar-refractivity contribution in [3.8, 4) is 0 Å². The molecule has 0 aromatic carbocycles. The zero-order valence-corrected chi connectivity index (χ0v) is 13.6. The van der Waals surface area contributed by atoms with Crippen molar-refractivity contribution in [2.75, 3.05) is 12.4 Å². The maximum absolute atomic E-state index is 12.5.